The second-order valence-corrected chi connectivity index (χ2v) is 6.13. The fraction of sp³-hybridized carbons (Fsp3) is 0.667. The number of thioether (sulfide) groups is 1. The Morgan fingerprint density at radius 3 is 3.14 bits per heavy atom. The summed E-state index contributed by atoms with van der Waals surface area (Å²) >= 11 is 0.784. The van der Waals surface area contributed by atoms with Crippen molar-refractivity contribution >= 4 is 28.9 Å². The maximum absolute atomic E-state index is 10.8. The zero-order valence-corrected chi connectivity index (χ0v) is 9.70. The number of carboxylic acid groups (broad SMARTS) is 1. The fourth-order valence-corrected chi connectivity index (χ4v) is 3.46. The molecule has 0 unspecified atom stereocenters. The molecule has 0 bridgehead atoms. The van der Waals surface area contributed by atoms with E-state index in [-0.39, 0.29) is 5.92 Å². The first-order chi connectivity index (χ1) is 6.61. The van der Waals surface area contributed by atoms with Crippen LogP contribution in [0, 0.1) is 5.92 Å². The van der Waals surface area contributed by atoms with Gasteiger partial charge in [0.05, 0.1) is 6.26 Å². The first-order valence-electron chi connectivity index (χ1n) is 4.42. The Morgan fingerprint density at radius 1 is 1.86 bits per heavy atom. The van der Waals surface area contributed by atoms with E-state index >= 15 is 0 Å². The Kier molecular flexibility index (Phi) is 4.84. The minimum absolute atomic E-state index is 0.154. The number of carboxylic acids is 1. The molecular weight excluding hydrogens is 220 g/mol. The van der Waals surface area contributed by atoms with Crippen molar-refractivity contribution in [2.75, 3.05) is 17.1 Å². The van der Waals surface area contributed by atoms with Gasteiger partial charge in [-0.2, -0.15) is 0 Å². The van der Waals surface area contributed by atoms with Crippen LogP contribution in [0.3, 0.4) is 0 Å². The topological polar surface area (TPSA) is 60.4 Å². The molecule has 0 fully saturated rings. The molecule has 0 spiro atoms. The van der Waals surface area contributed by atoms with Crippen LogP contribution in [0.2, 0.25) is 0 Å². The third-order valence-corrected chi connectivity index (χ3v) is 4.77. The van der Waals surface area contributed by atoms with Crippen molar-refractivity contribution in [3.8, 4) is 0 Å². The fourth-order valence-electron chi connectivity index (χ4n) is 1.50. The van der Waals surface area contributed by atoms with Gasteiger partial charge >= 0.3 is 5.97 Å². The normalized spacial score (nSPS) is 23.3. The Hall–Kier alpha value is -0.130. The number of allylic oxidation sites excluding steroid dienone is 1. The lowest BCUT2D eigenvalue weighted by Crippen LogP contribution is -2.12. The quantitative estimate of drug-likeness (QED) is 0.732. The molecule has 80 valence electrons. The largest absolute Gasteiger partial charge is 0.616 e. The van der Waals surface area contributed by atoms with Crippen LogP contribution < -0.4 is 0 Å². The van der Waals surface area contributed by atoms with Gasteiger partial charge < -0.3 is 9.66 Å². The Balaban J connectivity index is 2.31. The zero-order chi connectivity index (χ0) is 10.6. The maximum Gasteiger partial charge on any atom is 0.331 e. The maximum atomic E-state index is 10.8. The second-order valence-electron chi connectivity index (χ2n) is 3.30. The molecule has 1 aliphatic rings. The lowest BCUT2D eigenvalue weighted by molar-refractivity contribution is -0.133. The van der Waals surface area contributed by atoms with Crippen molar-refractivity contribution in [3.63, 3.8) is 0 Å². The van der Waals surface area contributed by atoms with Gasteiger partial charge in [-0.05, 0) is 24.0 Å². The van der Waals surface area contributed by atoms with Crippen molar-refractivity contribution in [1.82, 2.24) is 0 Å². The highest BCUT2D eigenvalue weighted by Crippen LogP contribution is 2.29. The number of hydrogen-bond donors (Lipinski definition) is 1. The summed E-state index contributed by atoms with van der Waals surface area (Å²) in [5, 5.41) is 9.46. The molecule has 0 aromatic carbocycles. The molecule has 3 nitrogen and oxygen atoms in total. The van der Waals surface area contributed by atoms with Crippen LogP contribution >= 0.6 is 11.8 Å². The van der Waals surface area contributed by atoms with Crippen molar-refractivity contribution in [3.05, 3.63) is 11.6 Å². The molecule has 0 aliphatic heterocycles. The van der Waals surface area contributed by atoms with Gasteiger partial charge in [0.15, 0.2) is 5.08 Å². The first-order valence-corrected chi connectivity index (χ1v) is 7.30. The predicted molar refractivity (Wildman–Crippen MR) is 59.8 cm³/mol. The third-order valence-electron chi connectivity index (χ3n) is 2.13. The van der Waals surface area contributed by atoms with Crippen LogP contribution in [-0.2, 0) is 16.0 Å². The van der Waals surface area contributed by atoms with E-state index in [4.69, 9.17) is 5.11 Å². The summed E-state index contributed by atoms with van der Waals surface area (Å²) in [5.74, 6) is 0.129. The minimum atomic E-state index is -0.800. The lowest BCUT2D eigenvalue weighted by atomic mass is 10.0. The van der Waals surface area contributed by atoms with Gasteiger partial charge in [-0.3, -0.25) is 0 Å². The average molecular weight is 234 g/mol. The summed E-state index contributed by atoms with van der Waals surface area (Å²) in [5.41, 5.74) is 0.541. The molecule has 0 aromatic heterocycles. The van der Waals surface area contributed by atoms with Crippen LogP contribution in [0.5, 0.6) is 0 Å². The molecule has 0 saturated heterocycles. The summed E-state index contributed by atoms with van der Waals surface area (Å²) < 4.78 is 10.8. The number of carbonyl (C=O) groups is 1. The Morgan fingerprint density at radius 2 is 2.57 bits per heavy atom. The van der Waals surface area contributed by atoms with Gasteiger partial charge in [0.2, 0.25) is 0 Å². The third kappa shape index (κ3) is 3.55. The minimum Gasteiger partial charge on any atom is -0.616 e. The highest BCUT2D eigenvalue weighted by atomic mass is 32.3. The Bertz CT molecular complexity index is 238. The van der Waals surface area contributed by atoms with Crippen molar-refractivity contribution in [1.29, 1.82) is 0 Å². The number of rotatable bonds is 5. The second kappa shape index (κ2) is 5.68. The van der Waals surface area contributed by atoms with Gasteiger partial charge in [-0.1, -0.05) is 6.08 Å². The van der Waals surface area contributed by atoms with Crippen molar-refractivity contribution in [2.24, 2.45) is 5.92 Å². The van der Waals surface area contributed by atoms with E-state index in [0.29, 0.717) is 10.7 Å². The standard InChI is InChI=1S/C9H14O3S2/c1-14(12)6-13-5-7-3-2-4-8(7)9(10)11/h4,7H,2-3,5-6H2,1H3,(H,10,11)/t7-,14-/m0/s1. The molecule has 0 saturated carbocycles. The summed E-state index contributed by atoms with van der Waals surface area (Å²) in [6.07, 6.45) is 5.25. The van der Waals surface area contributed by atoms with Gasteiger partial charge in [0, 0.05) is 17.2 Å². The first kappa shape index (κ1) is 11.9. The van der Waals surface area contributed by atoms with E-state index in [1.54, 1.807) is 24.1 Å². The summed E-state index contributed by atoms with van der Waals surface area (Å²) in [6, 6.07) is 0. The molecule has 5 heteroatoms. The van der Waals surface area contributed by atoms with Crippen molar-refractivity contribution in [2.45, 2.75) is 12.8 Å². The predicted octanol–water partition coefficient (Wildman–Crippen LogP) is 1.48. The molecule has 0 heterocycles. The number of hydrogen-bond acceptors (Lipinski definition) is 3. The molecular formula is C9H14O3S2. The molecule has 1 N–H and O–H groups in total. The van der Waals surface area contributed by atoms with E-state index in [1.165, 1.54) is 0 Å². The smallest absolute Gasteiger partial charge is 0.331 e. The van der Waals surface area contributed by atoms with Crippen LogP contribution in [0.4, 0.5) is 0 Å². The molecule has 2 atom stereocenters. The van der Waals surface area contributed by atoms with Gasteiger partial charge in [0.1, 0.15) is 0 Å². The monoisotopic (exact) mass is 234 g/mol. The van der Waals surface area contributed by atoms with E-state index in [2.05, 4.69) is 0 Å². The van der Waals surface area contributed by atoms with Gasteiger partial charge in [-0.25, -0.2) is 4.79 Å². The van der Waals surface area contributed by atoms with Gasteiger partial charge in [-0.15, -0.1) is 11.8 Å². The molecule has 0 amide bonds. The van der Waals surface area contributed by atoms with Crippen LogP contribution in [-0.4, -0.2) is 32.7 Å². The van der Waals surface area contributed by atoms with Crippen LogP contribution in [0.1, 0.15) is 12.8 Å². The van der Waals surface area contributed by atoms with E-state index in [0.717, 1.165) is 18.6 Å². The number of aliphatic carboxylic acids is 1. The average Bonchev–Trinajstić information content (AvgIpc) is 2.51. The SMILES string of the molecule is C[S@+]([O-])CSC[C@@H]1CCC=C1C(=O)O. The van der Waals surface area contributed by atoms with E-state index < -0.39 is 17.1 Å². The highest BCUT2D eigenvalue weighted by Gasteiger charge is 2.24. The van der Waals surface area contributed by atoms with Gasteiger partial charge in [0.25, 0.3) is 0 Å². The van der Waals surface area contributed by atoms with Crippen molar-refractivity contribution < 1.29 is 14.5 Å². The molecule has 0 aromatic rings. The summed E-state index contributed by atoms with van der Waals surface area (Å²) in [4.78, 5) is 10.8. The zero-order valence-electron chi connectivity index (χ0n) is 8.06. The highest BCUT2D eigenvalue weighted by molar-refractivity contribution is 8.12. The van der Waals surface area contributed by atoms with E-state index in [1.807, 2.05) is 0 Å². The summed E-state index contributed by atoms with van der Waals surface area (Å²) in [7, 11) is 0. The van der Waals surface area contributed by atoms with E-state index in [9.17, 15) is 9.35 Å². The molecule has 14 heavy (non-hydrogen) atoms. The molecule has 1 aliphatic carbocycles. The summed E-state index contributed by atoms with van der Waals surface area (Å²) in [6.45, 7) is 0. The molecule has 1 rings (SSSR count). The molecule has 0 radical (unpaired) electrons. The lowest BCUT2D eigenvalue weighted by Gasteiger charge is -2.11. The van der Waals surface area contributed by atoms with Crippen LogP contribution in [0.25, 0.3) is 0 Å². The Labute approximate surface area is 91.1 Å². The van der Waals surface area contributed by atoms with Crippen LogP contribution in [0.15, 0.2) is 11.6 Å².